The highest BCUT2D eigenvalue weighted by molar-refractivity contribution is 5.92. The van der Waals surface area contributed by atoms with Gasteiger partial charge in [0.05, 0.1) is 5.52 Å². The van der Waals surface area contributed by atoms with Gasteiger partial charge in [0.25, 0.3) is 0 Å². The molecule has 0 unspecified atom stereocenters. The van der Waals surface area contributed by atoms with Crippen molar-refractivity contribution in [1.82, 2.24) is 9.97 Å². The Balaban J connectivity index is 2.43. The quantitative estimate of drug-likeness (QED) is 0.876. The van der Waals surface area contributed by atoms with Crippen LogP contribution in [0.4, 0.5) is 5.82 Å². The maximum absolute atomic E-state index is 11.4. The van der Waals surface area contributed by atoms with Crippen molar-refractivity contribution in [1.29, 1.82) is 0 Å². The second kappa shape index (κ2) is 5.86. The van der Waals surface area contributed by atoms with Crippen LogP contribution in [0.2, 0.25) is 0 Å². The zero-order chi connectivity index (χ0) is 14.7. The van der Waals surface area contributed by atoms with E-state index in [1.165, 1.54) is 6.33 Å². The number of nitrogens with one attached hydrogen (secondary N) is 1. The van der Waals surface area contributed by atoms with Crippen LogP contribution in [0, 0.1) is 12.8 Å². The van der Waals surface area contributed by atoms with E-state index in [2.05, 4.69) is 15.3 Å². The highest BCUT2D eigenvalue weighted by Crippen LogP contribution is 2.23. The van der Waals surface area contributed by atoms with Crippen molar-refractivity contribution in [3.63, 3.8) is 0 Å². The molecule has 2 N–H and O–H groups in total. The fourth-order valence-electron chi connectivity index (χ4n) is 2.18. The first-order valence-electron chi connectivity index (χ1n) is 6.74. The first-order valence-corrected chi connectivity index (χ1v) is 6.74. The molecule has 0 bridgehead atoms. The van der Waals surface area contributed by atoms with Gasteiger partial charge in [0, 0.05) is 5.39 Å². The number of carbonyl (C=O) groups is 1. The van der Waals surface area contributed by atoms with Crippen LogP contribution in [0.1, 0.15) is 25.8 Å². The van der Waals surface area contributed by atoms with E-state index in [0.717, 1.165) is 22.9 Å². The Morgan fingerprint density at radius 3 is 2.80 bits per heavy atom. The van der Waals surface area contributed by atoms with Crippen LogP contribution in [-0.2, 0) is 4.79 Å². The van der Waals surface area contributed by atoms with Crippen molar-refractivity contribution < 1.29 is 9.90 Å². The summed E-state index contributed by atoms with van der Waals surface area (Å²) in [7, 11) is 0. The van der Waals surface area contributed by atoms with Crippen LogP contribution in [0.5, 0.6) is 0 Å². The van der Waals surface area contributed by atoms with E-state index in [4.69, 9.17) is 0 Å². The summed E-state index contributed by atoms with van der Waals surface area (Å²) in [4.78, 5) is 19.9. The molecular formula is C15H19N3O2. The lowest BCUT2D eigenvalue weighted by atomic mass is 9.99. The van der Waals surface area contributed by atoms with Crippen LogP contribution in [0.3, 0.4) is 0 Å². The fraction of sp³-hybridized carbons (Fsp3) is 0.400. The molecule has 1 aromatic carbocycles. The Morgan fingerprint density at radius 2 is 2.15 bits per heavy atom. The maximum atomic E-state index is 11.4. The largest absolute Gasteiger partial charge is 0.480 e. The summed E-state index contributed by atoms with van der Waals surface area (Å²) in [5.74, 6) is -0.271. The molecule has 0 aliphatic rings. The average Bonchev–Trinajstić information content (AvgIpc) is 2.44. The second-order valence-electron chi connectivity index (χ2n) is 5.04. The number of anilines is 1. The fourth-order valence-corrected chi connectivity index (χ4v) is 2.18. The molecule has 5 heteroatoms. The molecule has 0 aliphatic heterocycles. The van der Waals surface area contributed by atoms with Crippen LogP contribution in [0.25, 0.3) is 10.9 Å². The molecule has 1 heterocycles. The minimum atomic E-state index is -0.862. The number of carboxylic acids is 1. The summed E-state index contributed by atoms with van der Waals surface area (Å²) >= 11 is 0. The number of rotatable bonds is 5. The Morgan fingerprint density at radius 1 is 1.40 bits per heavy atom. The number of para-hydroxylation sites is 1. The van der Waals surface area contributed by atoms with Gasteiger partial charge in [-0.25, -0.2) is 14.8 Å². The van der Waals surface area contributed by atoms with Crippen molar-refractivity contribution in [3.05, 3.63) is 30.1 Å². The summed E-state index contributed by atoms with van der Waals surface area (Å²) in [5.41, 5.74) is 1.89. The minimum absolute atomic E-state index is 0.0160. The van der Waals surface area contributed by atoms with E-state index in [-0.39, 0.29) is 5.92 Å². The molecular weight excluding hydrogens is 254 g/mol. The summed E-state index contributed by atoms with van der Waals surface area (Å²) in [6.45, 7) is 5.87. The molecule has 2 rings (SSSR count). The molecule has 0 aliphatic carbocycles. The minimum Gasteiger partial charge on any atom is -0.480 e. The zero-order valence-corrected chi connectivity index (χ0v) is 11.9. The Labute approximate surface area is 118 Å². The van der Waals surface area contributed by atoms with Crippen molar-refractivity contribution in [2.75, 3.05) is 5.32 Å². The molecule has 2 atom stereocenters. The van der Waals surface area contributed by atoms with Gasteiger partial charge in [-0.15, -0.1) is 0 Å². The molecule has 106 valence electrons. The Hall–Kier alpha value is -2.17. The van der Waals surface area contributed by atoms with Crippen LogP contribution in [0.15, 0.2) is 24.5 Å². The number of hydrogen-bond donors (Lipinski definition) is 2. The topological polar surface area (TPSA) is 75.1 Å². The monoisotopic (exact) mass is 273 g/mol. The van der Waals surface area contributed by atoms with Crippen molar-refractivity contribution in [3.8, 4) is 0 Å². The predicted octanol–water partition coefficient (Wildman–Crippen LogP) is 2.85. The molecule has 0 saturated carbocycles. The standard InChI is InChI=1S/C15H19N3O2/c1-4-9(2)13(15(19)20)18-14-11-7-5-6-10(3)12(11)16-8-17-14/h5-9,13H,4H2,1-3H3,(H,19,20)(H,16,17,18)/t9-,13-/m0/s1. The molecule has 20 heavy (non-hydrogen) atoms. The molecule has 0 radical (unpaired) electrons. The van der Waals surface area contributed by atoms with Gasteiger partial charge >= 0.3 is 5.97 Å². The number of fused-ring (bicyclic) bond motifs is 1. The Kier molecular flexibility index (Phi) is 4.17. The van der Waals surface area contributed by atoms with Gasteiger partial charge in [0.1, 0.15) is 18.2 Å². The lowest BCUT2D eigenvalue weighted by Gasteiger charge is -2.21. The predicted molar refractivity (Wildman–Crippen MR) is 78.8 cm³/mol. The second-order valence-corrected chi connectivity index (χ2v) is 5.04. The van der Waals surface area contributed by atoms with Gasteiger partial charge in [-0.1, -0.05) is 32.4 Å². The van der Waals surface area contributed by atoms with E-state index in [1.807, 2.05) is 39.0 Å². The van der Waals surface area contributed by atoms with Crippen molar-refractivity contribution >= 4 is 22.7 Å². The molecule has 0 amide bonds. The van der Waals surface area contributed by atoms with E-state index in [1.54, 1.807) is 0 Å². The third-order valence-electron chi connectivity index (χ3n) is 3.64. The first-order chi connectivity index (χ1) is 9.54. The molecule has 0 saturated heterocycles. The van der Waals surface area contributed by atoms with Crippen LogP contribution in [-0.4, -0.2) is 27.1 Å². The lowest BCUT2D eigenvalue weighted by Crippen LogP contribution is -2.35. The molecule has 5 nitrogen and oxygen atoms in total. The number of carboxylic acid groups (broad SMARTS) is 1. The van der Waals surface area contributed by atoms with Gasteiger partial charge in [-0.3, -0.25) is 0 Å². The highest BCUT2D eigenvalue weighted by Gasteiger charge is 2.24. The van der Waals surface area contributed by atoms with Gasteiger partial charge in [-0.2, -0.15) is 0 Å². The lowest BCUT2D eigenvalue weighted by molar-refractivity contribution is -0.139. The summed E-state index contributed by atoms with van der Waals surface area (Å²) in [6, 6.07) is 5.15. The summed E-state index contributed by atoms with van der Waals surface area (Å²) < 4.78 is 0. The van der Waals surface area contributed by atoms with E-state index < -0.39 is 12.0 Å². The summed E-state index contributed by atoms with van der Waals surface area (Å²) in [6.07, 6.45) is 2.25. The third kappa shape index (κ3) is 2.71. The van der Waals surface area contributed by atoms with E-state index in [0.29, 0.717) is 5.82 Å². The van der Waals surface area contributed by atoms with Crippen LogP contribution >= 0.6 is 0 Å². The zero-order valence-electron chi connectivity index (χ0n) is 11.9. The number of aliphatic carboxylic acids is 1. The number of benzene rings is 1. The van der Waals surface area contributed by atoms with Gasteiger partial charge < -0.3 is 10.4 Å². The Bertz CT molecular complexity index is 628. The molecule has 1 aromatic heterocycles. The number of nitrogens with zero attached hydrogens (tertiary/aromatic N) is 2. The van der Waals surface area contributed by atoms with Crippen LogP contribution < -0.4 is 5.32 Å². The van der Waals surface area contributed by atoms with Gasteiger partial charge in [-0.05, 0) is 24.5 Å². The van der Waals surface area contributed by atoms with E-state index >= 15 is 0 Å². The molecule has 2 aromatic rings. The number of aryl methyl sites for hydroxylation is 1. The molecule has 0 fully saturated rings. The normalized spacial score (nSPS) is 13.9. The number of hydrogen-bond acceptors (Lipinski definition) is 4. The first kappa shape index (κ1) is 14.2. The van der Waals surface area contributed by atoms with Crippen molar-refractivity contribution in [2.45, 2.75) is 33.2 Å². The van der Waals surface area contributed by atoms with Gasteiger partial charge in [0.15, 0.2) is 0 Å². The smallest absolute Gasteiger partial charge is 0.326 e. The van der Waals surface area contributed by atoms with Gasteiger partial charge in [0.2, 0.25) is 0 Å². The highest BCUT2D eigenvalue weighted by atomic mass is 16.4. The SMILES string of the molecule is CC[C@H](C)[C@H](Nc1ncnc2c(C)cccc12)C(=O)O. The van der Waals surface area contributed by atoms with E-state index in [9.17, 15) is 9.90 Å². The third-order valence-corrected chi connectivity index (χ3v) is 3.64. The molecule has 0 spiro atoms. The maximum Gasteiger partial charge on any atom is 0.326 e. The number of aromatic nitrogens is 2. The van der Waals surface area contributed by atoms with Crippen molar-refractivity contribution in [2.24, 2.45) is 5.92 Å². The average molecular weight is 273 g/mol. The summed E-state index contributed by atoms with van der Waals surface area (Å²) in [5, 5.41) is 13.3.